The van der Waals surface area contributed by atoms with Crippen LogP contribution in [-0.4, -0.2) is 57.6 Å². The van der Waals surface area contributed by atoms with Crippen molar-refractivity contribution in [3.05, 3.63) is 93.9 Å². The summed E-state index contributed by atoms with van der Waals surface area (Å²) in [5.74, 6) is 7.36. The number of nitrogens with one attached hydrogen (secondary N) is 1. The number of halogens is 3. The Morgan fingerprint density at radius 1 is 1.07 bits per heavy atom. The fourth-order valence-corrected chi connectivity index (χ4v) is 5.37. The van der Waals surface area contributed by atoms with Gasteiger partial charge in [0.25, 0.3) is 0 Å². The number of hydrogen-bond donors (Lipinski definition) is 1. The number of likely N-dealkylation sites (N-methyl/N-ethyl adjacent to an activating group) is 1. The molecule has 1 unspecified atom stereocenters. The lowest BCUT2D eigenvalue weighted by Crippen LogP contribution is -2.31. The summed E-state index contributed by atoms with van der Waals surface area (Å²) in [6.07, 6.45) is 7.07. The third-order valence-corrected chi connectivity index (χ3v) is 7.99. The van der Waals surface area contributed by atoms with Crippen LogP contribution in [0.2, 0.25) is 0 Å². The van der Waals surface area contributed by atoms with Crippen molar-refractivity contribution < 1.29 is 13.2 Å². The van der Waals surface area contributed by atoms with Gasteiger partial charge in [-0.3, -0.25) is 9.88 Å². The van der Waals surface area contributed by atoms with Gasteiger partial charge in [0.1, 0.15) is 11.5 Å². The van der Waals surface area contributed by atoms with Gasteiger partial charge in [-0.1, -0.05) is 29.7 Å². The van der Waals surface area contributed by atoms with Crippen molar-refractivity contribution in [1.29, 1.82) is 0 Å². The minimum absolute atomic E-state index is 0.288. The molecule has 2 aliphatic rings. The van der Waals surface area contributed by atoms with E-state index in [0.29, 0.717) is 23.8 Å². The van der Waals surface area contributed by atoms with Crippen LogP contribution >= 0.6 is 0 Å². The molecule has 2 aliphatic heterocycles. The van der Waals surface area contributed by atoms with Crippen LogP contribution in [0.15, 0.2) is 54.4 Å². The van der Waals surface area contributed by atoms with E-state index in [0.717, 1.165) is 60.8 Å². The highest BCUT2D eigenvalue weighted by molar-refractivity contribution is 5.52. The van der Waals surface area contributed by atoms with Gasteiger partial charge in [0, 0.05) is 56.2 Å². The first-order valence-electron chi connectivity index (χ1n) is 14.3. The first-order chi connectivity index (χ1) is 20.1. The maximum atomic E-state index is 14.0. The Morgan fingerprint density at radius 2 is 1.90 bits per heavy atom. The van der Waals surface area contributed by atoms with E-state index in [1.165, 1.54) is 11.6 Å². The second-order valence-corrected chi connectivity index (χ2v) is 11.4. The van der Waals surface area contributed by atoms with Gasteiger partial charge in [-0.05, 0) is 82.1 Å². The van der Waals surface area contributed by atoms with Gasteiger partial charge in [-0.2, -0.15) is 13.2 Å². The number of allylic oxidation sites excluding steroid dienone is 3. The quantitative estimate of drug-likeness (QED) is 0.360. The molecule has 6 nitrogen and oxygen atoms in total. The lowest BCUT2D eigenvalue weighted by atomic mass is 10.0. The summed E-state index contributed by atoms with van der Waals surface area (Å²) in [6.45, 7) is 7.00. The average Bonchev–Trinajstić information content (AvgIpc) is 3.56. The Bertz CT molecular complexity index is 1550. The van der Waals surface area contributed by atoms with Crippen LogP contribution in [0, 0.1) is 18.8 Å². The maximum absolute atomic E-state index is 14.0. The van der Waals surface area contributed by atoms with Gasteiger partial charge < -0.3 is 14.8 Å². The Labute approximate surface area is 246 Å². The number of imidazole rings is 1. The maximum Gasteiger partial charge on any atom is 0.416 e. The normalized spacial score (nSPS) is 17.3. The minimum atomic E-state index is -4.43. The lowest BCUT2D eigenvalue weighted by Gasteiger charge is -2.22. The Morgan fingerprint density at radius 3 is 2.67 bits per heavy atom. The molecule has 0 aliphatic carbocycles. The van der Waals surface area contributed by atoms with Gasteiger partial charge in [-0.25, -0.2) is 4.98 Å². The smallest absolute Gasteiger partial charge is 0.381 e. The molecule has 1 aromatic carbocycles. The molecule has 0 bridgehead atoms. The fourth-order valence-electron chi connectivity index (χ4n) is 5.37. The van der Waals surface area contributed by atoms with Crippen LogP contribution in [0.4, 0.5) is 18.9 Å². The molecular formula is C33H37F3N6. The van der Waals surface area contributed by atoms with Crippen molar-refractivity contribution >= 4 is 11.8 Å². The molecule has 42 heavy (non-hydrogen) atoms. The van der Waals surface area contributed by atoms with E-state index in [-0.39, 0.29) is 6.54 Å². The zero-order valence-electron chi connectivity index (χ0n) is 24.6. The number of anilines is 1. The summed E-state index contributed by atoms with van der Waals surface area (Å²) in [5.41, 5.74) is 4.66. The number of aromatic nitrogens is 3. The van der Waals surface area contributed by atoms with Crippen LogP contribution in [-0.2, 0) is 25.8 Å². The van der Waals surface area contributed by atoms with Crippen molar-refractivity contribution in [3.63, 3.8) is 0 Å². The Balaban J connectivity index is 1.29. The highest BCUT2D eigenvalue weighted by Crippen LogP contribution is 2.35. The van der Waals surface area contributed by atoms with E-state index in [1.807, 2.05) is 39.2 Å². The van der Waals surface area contributed by atoms with Crippen molar-refractivity contribution in [2.24, 2.45) is 0 Å². The summed E-state index contributed by atoms with van der Waals surface area (Å²) < 4.78 is 44.2. The summed E-state index contributed by atoms with van der Waals surface area (Å²) in [7, 11) is 4.03. The van der Waals surface area contributed by atoms with Crippen LogP contribution in [0.25, 0.3) is 6.08 Å². The molecule has 220 valence electrons. The first kappa shape index (κ1) is 29.6. The van der Waals surface area contributed by atoms with Gasteiger partial charge in [0.2, 0.25) is 0 Å². The number of likely N-dealkylation sites (tertiary alicyclic amines) is 1. The monoisotopic (exact) mass is 574 g/mol. The van der Waals surface area contributed by atoms with Crippen LogP contribution < -0.4 is 5.32 Å². The zero-order valence-corrected chi connectivity index (χ0v) is 24.6. The molecule has 5 rings (SSSR count). The number of pyridine rings is 1. The zero-order chi connectivity index (χ0) is 29.9. The van der Waals surface area contributed by atoms with Crippen molar-refractivity contribution in [2.45, 2.75) is 58.5 Å². The highest BCUT2D eigenvalue weighted by Gasteiger charge is 2.35. The van der Waals surface area contributed by atoms with Gasteiger partial charge in [0.05, 0.1) is 17.5 Å². The summed E-state index contributed by atoms with van der Waals surface area (Å²) in [6, 6.07) is 6.85. The molecule has 1 atom stereocenters. The summed E-state index contributed by atoms with van der Waals surface area (Å²) in [5, 5.41) is 3.16. The van der Waals surface area contributed by atoms with Gasteiger partial charge in [-0.15, -0.1) is 0 Å². The number of benzene rings is 1. The second kappa shape index (κ2) is 12.6. The van der Waals surface area contributed by atoms with Crippen molar-refractivity contribution in [1.82, 2.24) is 24.3 Å². The topological polar surface area (TPSA) is 49.2 Å². The second-order valence-electron chi connectivity index (χ2n) is 11.4. The third kappa shape index (κ3) is 7.12. The van der Waals surface area contributed by atoms with Crippen molar-refractivity contribution in [2.75, 3.05) is 32.5 Å². The molecule has 1 N–H and O–H groups in total. The Hall–Kier alpha value is -3.87. The standard InChI is InChI=1S/C33H37F3N6/c1-23-6-5-7-32-39-20-29(42(32)15-12-23)11-9-26-16-25(18-37-24(26)2)19-38-28-10-8-27(31(17-28)33(34,35)36)21-41-14-13-30(22-41)40(3)4/h5-8,10,16-18,20,30,38H,12-15,19,21-22H2,1-4H3. The Kier molecular flexibility index (Phi) is 8.85. The van der Waals surface area contributed by atoms with Gasteiger partial charge >= 0.3 is 6.18 Å². The summed E-state index contributed by atoms with van der Waals surface area (Å²) in [4.78, 5) is 13.2. The predicted octanol–water partition coefficient (Wildman–Crippen LogP) is 6.12. The van der Waals surface area contributed by atoms with Crippen molar-refractivity contribution in [3.8, 4) is 11.8 Å². The van der Waals surface area contributed by atoms with E-state index in [4.69, 9.17) is 0 Å². The minimum Gasteiger partial charge on any atom is -0.381 e. The lowest BCUT2D eigenvalue weighted by molar-refractivity contribution is -0.138. The predicted molar refractivity (Wildman–Crippen MR) is 161 cm³/mol. The largest absolute Gasteiger partial charge is 0.416 e. The van der Waals surface area contributed by atoms with Crippen LogP contribution in [0.3, 0.4) is 0 Å². The number of rotatable bonds is 6. The molecule has 0 spiro atoms. The average molecular weight is 575 g/mol. The molecule has 0 saturated carbocycles. The van der Waals surface area contributed by atoms with Gasteiger partial charge in [0.15, 0.2) is 0 Å². The number of aryl methyl sites for hydroxylation is 1. The molecule has 3 aromatic rings. The molecule has 1 fully saturated rings. The molecule has 4 heterocycles. The summed E-state index contributed by atoms with van der Waals surface area (Å²) >= 11 is 0. The molecule has 2 aromatic heterocycles. The van der Waals surface area contributed by atoms with E-state index in [1.54, 1.807) is 24.5 Å². The molecule has 1 saturated heterocycles. The number of fused-ring (bicyclic) bond motifs is 1. The first-order valence-corrected chi connectivity index (χ1v) is 14.3. The number of alkyl halides is 3. The molecule has 0 amide bonds. The highest BCUT2D eigenvalue weighted by atomic mass is 19.4. The third-order valence-electron chi connectivity index (χ3n) is 7.99. The SMILES string of the molecule is CC1=CC=Cc2ncc(C#Cc3cc(CNc4ccc(CN5CCC(N(C)C)C5)c(C(F)(F)F)c4)cnc3C)n2CC1. The molecule has 0 radical (unpaired) electrons. The molecular weight excluding hydrogens is 537 g/mol. The van der Waals surface area contributed by atoms with E-state index >= 15 is 0 Å². The molecule has 9 heteroatoms. The van der Waals surface area contributed by atoms with Crippen LogP contribution in [0.5, 0.6) is 0 Å². The van der Waals surface area contributed by atoms with Crippen LogP contribution in [0.1, 0.15) is 59.2 Å². The number of hydrogen-bond acceptors (Lipinski definition) is 5. The van der Waals surface area contributed by atoms with E-state index in [9.17, 15) is 13.2 Å². The number of nitrogens with zero attached hydrogens (tertiary/aromatic N) is 5. The van der Waals surface area contributed by atoms with E-state index in [2.05, 4.69) is 54.5 Å². The fraction of sp³-hybridized carbons (Fsp3) is 0.394. The van der Waals surface area contributed by atoms with E-state index < -0.39 is 11.7 Å².